The van der Waals surface area contributed by atoms with Gasteiger partial charge in [0, 0.05) is 5.41 Å². The molecular formula is C6H10N2O2S2. The van der Waals surface area contributed by atoms with Crippen LogP contribution in [0.1, 0.15) is 0 Å². The Kier molecular flexibility index (Phi) is 2.94. The number of hydrogen-bond acceptors (Lipinski definition) is 5. The molecule has 2 unspecified atom stereocenters. The lowest BCUT2D eigenvalue weighted by Crippen LogP contribution is -2.35. The zero-order valence-electron chi connectivity index (χ0n) is 6.36. The number of nitrogens with one attached hydrogen (secondary N) is 2. The third-order valence-electron chi connectivity index (χ3n) is 1.36. The number of sulfone groups is 1. The van der Waals surface area contributed by atoms with E-state index in [-0.39, 0.29) is 5.37 Å². The molecule has 1 saturated heterocycles. The molecule has 68 valence electrons. The van der Waals surface area contributed by atoms with Crippen molar-refractivity contribution in [1.82, 2.24) is 10.9 Å². The second-order valence-corrected chi connectivity index (χ2v) is 5.70. The molecule has 1 fully saturated rings. The zero-order valence-corrected chi connectivity index (χ0v) is 7.99. The second kappa shape index (κ2) is 3.61. The van der Waals surface area contributed by atoms with E-state index in [4.69, 9.17) is 0 Å². The molecular weight excluding hydrogens is 196 g/mol. The molecule has 0 aliphatic carbocycles. The maximum Gasteiger partial charge on any atom is 0.197 e. The lowest BCUT2D eigenvalue weighted by atomic mass is 10.6. The predicted octanol–water partition coefficient (Wildman–Crippen LogP) is 0.181. The van der Waals surface area contributed by atoms with Crippen molar-refractivity contribution in [1.29, 1.82) is 0 Å². The van der Waals surface area contributed by atoms with Crippen LogP contribution in [0.25, 0.3) is 0 Å². The van der Waals surface area contributed by atoms with Gasteiger partial charge in [-0.3, -0.25) is 0 Å². The minimum absolute atomic E-state index is 0.0651. The Morgan fingerprint density at radius 3 is 2.42 bits per heavy atom. The zero-order chi connectivity index (χ0) is 9.19. The van der Waals surface area contributed by atoms with E-state index in [1.807, 2.05) is 0 Å². The Balaban J connectivity index is 2.70. The fraction of sp³-hybridized carbons (Fsp3) is 0.333. The van der Waals surface area contributed by atoms with Gasteiger partial charge in [-0.1, -0.05) is 12.7 Å². The second-order valence-electron chi connectivity index (χ2n) is 2.17. The van der Waals surface area contributed by atoms with Gasteiger partial charge in [-0.2, -0.15) is 0 Å². The molecule has 2 N–H and O–H groups in total. The standard InChI is InChI=1S/C6H10N2O2S2/c1-3-5-7-8-6(11-5)12(9,10)4-2/h3-8H,1-2H2. The summed E-state index contributed by atoms with van der Waals surface area (Å²) in [5, 5.41) is 0.884. The van der Waals surface area contributed by atoms with Crippen molar-refractivity contribution >= 4 is 21.6 Å². The molecule has 1 rings (SSSR count). The Morgan fingerprint density at radius 2 is 2.00 bits per heavy atom. The number of hydrazine groups is 1. The van der Waals surface area contributed by atoms with Crippen LogP contribution >= 0.6 is 11.8 Å². The van der Waals surface area contributed by atoms with Crippen LogP contribution < -0.4 is 10.9 Å². The van der Waals surface area contributed by atoms with E-state index in [0.29, 0.717) is 0 Å². The van der Waals surface area contributed by atoms with Crippen molar-refractivity contribution in [2.45, 2.75) is 10.1 Å². The molecule has 0 bridgehead atoms. The van der Waals surface area contributed by atoms with Crippen LogP contribution in [0.15, 0.2) is 24.6 Å². The van der Waals surface area contributed by atoms with Crippen molar-refractivity contribution in [3.63, 3.8) is 0 Å². The van der Waals surface area contributed by atoms with E-state index in [1.165, 1.54) is 11.8 Å². The summed E-state index contributed by atoms with van der Waals surface area (Å²) < 4.78 is 21.7. The summed E-state index contributed by atoms with van der Waals surface area (Å²) in [5.74, 6) is 0. The molecule has 0 aromatic heterocycles. The molecule has 0 saturated carbocycles. The van der Waals surface area contributed by atoms with Gasteiger partial charge in [0.2, 0.25) is 0 Å². The molecule has 0 aromatic carbocycles. The van der Waals surface area contributed by atoms with Crippen LogP contribution in [0.3, 0.4) is 0 Å². The maximum absolute atomic E-state index is 11.2. The van der Waals surface area contributed by atoms with Gasteiger partial charge in [-0.25, -0.2) is 19.3 Å². The van der Waals surface area contributed by atoms with Crippen molar-refractivity contribution < 1.29 is 8.42 Å². The lowest BCUT2D eigenvalue weighted by molar-refractivity contribution is 0.571. The van der Waals surface area contributed by atoms with Crippen LogP contribution in [0, 0.1) is 0 Å². The minimum atomic E-state index is -3.24. The molecule has 6 heteroatoms. The molecule has 12 heavy (non-hydrogen) atoms. The summed E-state index contributed by atoms with van der Waals surface area (Å²) in [7, 11) is -3.24. The smallest absolute Gasteiger partial charge is 0.197 e. The Hall–Kier alpha value is -0.300. The van der Waals surface area contributed by atoms with E-state index in [1.54, 1.807) is 6.08 Å². The average Bonchev–Trinajstić information content (AvgIpc) is 2.52. The molecule has 4 nitrogen and oxygen atoms in total. The number of hydrogen-bond donors (Lipinski definition) is 2. The largest absolute Gasteiger partial charge is 0.239 e. The van der Waals surface area contributed by atoms with E-state index < -0.39 is 14.5 Å². The van der Waals surface area contributed by atoms with Gasteiger partial charge < -0.3 is 0 Å². The highest BCUT2D eigenvalue weighted by Crippen LogP contribution is 2.24. The maximum atomic E-state index is 11.2. The predicted molar refractivity (Wildman–Crippen MR) is 50.8 cm³/mol. The van der Waals surface area contributed by atoms with Crippen molar-refractivity contribution in [2.75, 3.05) is 0 Å². The highest BCUT2D eigenvalue weighted by atomic mass is 32.3. The molecule has 0 aromatic rings. The molecule has 1 aliphatic heterocycles. The number of thioether (sulfide) groups is 1. The van der Waals surface area contributed by atoms with Gasteiger partial charge in [-0.05, 0) is 0 Å². The van der Waals surface area contributed by atoms with Crippen molar-refractivity contribution in [3.8, 4) is 0 Å². The summed E-state index contributed by atoms with van der Waals surface area (Å²) in [5.41, 5.74) is 5.40. The van der Waals surface area contributed by atoms with E-state index >= 15 is 0 Å². The molecule has 0 radical (unpaired) electrons. The Morgan fingerprint density at radius 1 is 1.33 bits per heavy atom. The van der Waals surface area contributed by atoms with Crippen LogP contribution in [0.2, 0.25) is 0 Å². The minimum Gasteiger partial charge on any atom is -0.239 e. The van der Waals surface area contributed by atoms with Gasteiger partial charge >= 0.3 is 0 Å². The summed E-state index contributed by atoms with van der Waals surface area (Å²) in [6.45, 7) is 6.77. The third-order valence-corrected chi connectivity index (χ3v) is 4.64. The van der Waals surface area contributed by atoms with Gasteiger partial charge in [0.25, 0.3) is 0 Å². The first kappa shape index (κ1) is 9.79. The monoisotopic (exact) mass is 206 g/mol. The summed E-state index contributed by atoms with van der Waals surface area (Å²) >= 11 is 1.24. The van der Waals surface area contributed by atoms with E-state index in [0.717, 1.165) is 5.41 Å². The highest BCUT2D eigenvalue weighted by Gasteiger charge is 2.30. The first-order valence-electron chi connectivity index (χ1n) is 3.25. The lowest BCUT2D eigenvalue weighted by Gasteiger charge is -2.04. The summed E-state index contributed by atoms with van der Waals surface area (Å²) in [4.78, 5) is 0. The molecule has 0 amide bonds. The Labute approximate surface area is 76.0 Å². The van der Waals surface area contributed by atoms with Crippen LogP contribution in [-0.2, 0) is 9.84 Å². The van der Waals surface area contributed by atoms with Gasteiger partial charge in [0.05, 0.1) is 5.37 Å². The van der Waals surface area contributed by atoms with Gasteiger partial charge in [-0.15, -0.1) is 18.3 Å². The average molecular weight is 206 g/mol. The van der Waals surface area contributed by atoms with Crippen LogP contribution in [-0.4, -0.2) is 18.5 Å². The number of rotatable bonds is 3. The molecule has 2 atom stereocenters. The third kappa shape index (κ3) is 1.89. The summed E-state index contributed by atoms with van der Waals surface area (Å²) in [6, 6.07) is 0. The van der Waals surface area contributed by atoms with E-state index in [2.05, 4.69) is 24.0 Å². The first-order valence-corrected chi connectivity index (χ1v) is 5.81. The molecule has 1 aliphatic rings. The van der Waals surface area contributed by atoms with Gasteiger partial charge in [0.15, 0.2) is 14.5 Å². The summed E-state index contributed by atoms with van der Waals surface area (Å²) in [6.07, 6.45) is 1.64. The fourth-order valence-electron chi connectivity index (χ4n) is 0.713. The normalized spacial score (nSPS) is 30.0. The topological polar surface area (TPSA) is 58.2 Å². The van der Waals surface area contributed by atoms with Crippen molar-refractivity contribution in [2.24, 2.45) is 0 Å². The Bertz CT molecular complexity index is 286. The van der Waals surface area contributed by atoms with Gasteiger partial charge in [0.1, 0.15) is 0 Å². The quantitative estimate of drug-likeness (QED) is 0.645. The highest BCUT2D eigenvalue weighted by molar-refractivity contribution is 8.15. The van der Waals surface area contributed by atoms with Crippen LogP contribution in [0.5, 0.6) is 0 Å². The van der Waals surface area contributed by atoms with Crippen LogP contribution in [0.4, 0.5) is 0 Å². The fourth-order valence-corrected chi connectivity index (χ4v) is 2.98. The van der Waals surface area contributed by atoms with Crippen molar-refractivity contribution in [3.05, 3.63) is 24.6 Å². The SMILES string of the molecule is C=CC1NNC(S(=O)(=O)C=C)S1. The molecule has 1 heterocycles. The first-order chi connectivity index (χ1) is 5.60. The molecule has 0 spiro atoms. The van der Waals surface area contributed by atoms with E-state index in [9.17, 15) is 8.42 Å².